The summed E-state index contributed by atoms with van der Waals surface area (Å²) in [4.78, 5) is 23.7. The van der Waals surface area contributed by atoms with Crippen molar-refractivity contribution >= 4 is 46.5 Å². The molecule has 5 nitrogen and oxygen atoms in total. The van der Waals surface area contributed by atoms with E-state index < -0.39 is 5.97 Å². The van der Waals surface area contributed by atoms with E-state index in [-0.39, 0.29) is 12.3 Å². The van der Waals surface area contributed by atoms with Crippen LogP contribution in [0.5, 0.6) is 0 Å². The van der Waals surface area contributed by atoms with Gasteiger partial charge in [-0.15, -0.1) is 0 Å². The molecule has 0 aliphatic carbocycles. The number of rotatable bonds is 6. The minimum Gasteiger partial charge on any atom is -0.465 e. The van der Waals surface area contributed by atoms with Crippen LogP contribution in [0, 0.1) is 0 Å². The topological polar surface area (TPSA) is 67.4 Å². The molecule has 0 aliphatic heterocycles. The zero-order chi connectivity index (χ0) is 17.5. The van der Waals surface area contributed by atoms with Crippen molar-refractivity contribution in [3.63, 3.8) is 0 Å². The minimum absolute atomic E-state index is 0.178. The van der Waals surface area contributed by atoms with E-state index in [1.807, 2.05) is 0 Å². The molecule has 0 bridgehead atoms. The zero-order valence-corrected chi connectivity index (χ0v) is 14.4. The standard InChI is InChI=1S/C17H16Cl2N2O3/c1-24-17(23)11-5-2-3-8-14(11)20-10-9-15(22)21-16-12(18)6-4-7-13(16)19/h2-8,20H,9-10H2,1H3,(H,21,22). The number of nitrogens with one attached hydrogen (secondary N) is 2. The number of halogens is 2. The second-order valence-electron chi connectivity index (χ2n) is 4.86. The molecular formula is C17H16Cl2N2O3. The summed E-state index contributed by atoms with van der Waals surface area (Å²) in [5.41, 5.74) is 1.41. The zero-order valence-electron chi connectivity index (χ0n) is 12.9. The van der Waals surface area contributed by atoms with Crippen LogP contribution in [0.25, 0.3) is 0 Å². The molecule has 2 aromatic carbocycles. The number of hydrogen-bond acceptors (Lipinski definition) is 4. The smallest absolute Gasteiger partial charge is 0.339 e. The maximum absolute atomic E-state index is 12.0. The first-order valence-electron chi connectivity index (χ1n) is 7.18. The third kappa shape index (κ3) is 4.63. The molecule has 0 fully saturated rings. The van der Waals surface area contributed by atoms with E-state index in [0.717, 1.165) is 0 Å². The predicted molar refractivity (Wildman–Crippen MR) is 96.0 cm³/mol. The Labute approximate surface area is 149 Å². The average molecular weight is 367 g/mol. The maximum atomic E-state index is 12.0. The Bertz CT molecular complexity index is 730. The maximum Gasteiger partial charge on any atom is 0.339 e. The number of carbonyl (C=O) groups is 2. The van der Waals surface area contributed by atoms with Gasteiger partial charge in [0.25, 0.3) is 0 Å². The van der Waals surface area contributed by atoms with Gasteiger partial charge in [0.05, 0.1) is 28.4 Å². The van der Waals surface area contributed by atoms with E-state index in [0.29, 0.717) is 33.5 Å². The second kappa shape index (κ2) is 8.57. The first-order valence-corrected chi connectivity index (χ1v) is 7.93. The van der Waals surface area contributed by atoms with Gasteiger partial charge < -0.3 is 15.4 Å². The summed E-state index contributed by atoms with van der Waals surface area (Å²) < 4.78 is 4.72. The van der Waals surface area contributed by atoms with Gasteiger partial charge in [0.2, 0.25) is 5.91 Å². The van der Waals surface area contributed by atoms with E-state index in [1.54, 1.807) is 42.5 Å². The van der Waals surface area contributed by atoms with Crippen molar-refractivity contribution in [3.05, 3.63) is 58.1 Å². The number of hydrogen-bond donors (Lipinski definition) is 2. The Morgan fingerprint density at radius 1 is 1.04 bits per heavy atom. The van der Waals surface area contributed by atoms with E-state index in [1.165, 1.54) is 7.11 Å². The van der Waals surface area contributed by atoms with E-state index >= 15 is 0 Å². The molecule has 0 aliphatic rings. The number of esters is 1. The van der Waals surface area contributed by atoms with Gasteiger partial charge in [-0.1, -0.05) is 41.4 Å². The molecule has 126 valence electrons. The number of amides is 1. The van der Waals surface area contributed by atoms with Crippen LogP contribution in [0.15, 0.2) is 42.5 Å². The van der Waals surface area contributed by atoms with Gasteiger partial charge in [-0.25, -0.2) is 4.79 Å². The van der Waals surface area contributed by atoms with Crippen molar-refractivity contribution in [3.8, 4) is 0 Å². The van der Waals surface area contributed by atoms with Crippen LogP contribution < -0.4 is 10.6 Å². The molecule has 0 saturated carbocycles. The fourth-order valence-electron chi connectivity index (χ4n) is 2.06. The molecule has 0 unspecified atom stereocenters. The molecule has 7 heteroatoms. The molecule has 2 aromatic rings. The SMILES string of the molecule is COC(=O)c1ccccc1NCCC(=O)Nc1c(Cl)cccc1Cl. The van der Waals surface area contributed by atoms with E-state index in [4.69, 9.17) is 27.9 Å². The van der Waals surface area contributed by atoms with Crippen molar-refractivity contribution in [2.24, 2.45) is 0 Å². The lowest BCUT2D eigenvalue weighted by atomic mass is 10.2. The summed E-state index contributed by atoms with van der Waals surface area (Å²) in [6, 6.07) is 11.9. The highest BCUT2D eigenvalue weighted by Crippen LogP contribution is 2.29. The monoisotopic (exact) mass is 366 g/mol. The van der Waals surface area contributed by atoms with Crippen molar-refractivity contribution in [2.75, 3.05) is 24.3 Å². The van der Waals surface area contributed by atoms with Gasteiger partial charge in [-0.3, -0.25) is 4.79 Å². The minimum atomic E-state index is -0.439. The van der Waals surface area contributed by atoms with Gasteiger partial charge in [0.1, 0.15) is 0 Å². The number of anilines is 2. The highest BCUT2D eigenvalue weighted by atomic mass is 35.5. The molecule has 0 spiro atoms. The number of benzene rings is 2. The molecule has 0 heterocycles. The van der Waals surface area contributed by atoms with Crippen molar-refractivity contribution in [2.45, 2.75) is 6.42 Å². The lowest BCUT2D eigenvalue weighted by Gasteiger charge is -2.12. The largest absolute Gasteiger partial charge is 0.465 e. The van der Waals surface area contributed by atoms with Gasteiger partial charge in [0, 0.05) is 18.7 Å². The van der Waals surface area contributed by atoms with Crippen LogP contribution in [-0.2, 0) is 9.53 Å². The average Bonchev–Trinajstić information content (AvgIpc) is 2.58. The number of methoxy groups -OCH3 is 1. The van der Waals surface area contributed by atoms with Crippen LogP contribution in [0.3, 0.4) is 0 Å². The highest BCUT2D eigenvalue weighted by Gasteiger charge is 2.12. The molecule has 24 heavy (non-hydrogen) atoms. The van der Waals surface area contributed by atoms with E-state index in [2.05, 4.69) is 10.6 Å². The third-order valence-electron chi connectivity index (χ3n) is 3.23. The highest BCUT2D eigenvalue weighted by molar-refractivity contribution is 6.39. The third-order valence-corrected chi connectivity index (χ3v) is 3.86. The number of ether oxygens (including phenoxy) is 1. The lowest BCUT2D eigenvalue weighted by Crippen LogP contribution is -2.17. The fourth-order valence-corrected chi connectivity index (χ4v) is 2.55. The lowest BCUT2D eigenvalue weighted by molar-refractivity contribution is -0.115. The summed E-state index contributed by atoms with van der Waals surface area (Å²) in [6.45, 7) is 0.335. The second-order valence-corrected chi connectivity index (χ2v) is 5.67. The van der Waals surface area contributed by atoms with Crippen LogP contribution in [0.4, 0.5) is 11.4 Å². The molecule has 0 radical (unpaired) electrons. The van der Waals surface area contributed by atoms with Gasteiger partial charge in [-0.2, -0.15) is 0 Å². The van der Waals surface area contributed by atoms with Crippen LogP contribution in [-0.4, -0.2) is 25.5 Å². The van der Waals surface area contributed by atoms with Crippen LogP contribution in [0.2, 0.25) is 10.0 Å². The first-order chi connectivity index (χ1) is 11.5. The molecule has 2 rings (SSSR count). The Balaban J connectivity index is 1.93. The van der Waals surface area contributed by atoms with E-state index in [9.17, 15) is 9.59 Å². The van der Waals surface area contributed by atoms with Crippen LogP contribution >= 0.6 is 23.2 Å². The molecule has 0 atom stereocenters. The Morgan fingerprint density at radius 2 is 1.71 bits per heavy atom. The van der Waals surface area contributed by atoms with Crippen molar-refractivity contribution in [1.82, 2.24) is 0 Å². The Kier molecular flexibility index (Phi) is 6.46. The Hall–Kier alpha value is -2.24. The molecule has 2 N–H and O–H groups in total. The van der Waals surface area contributed by atoms with Gasteiger partial charge in [-0.05, 0) is 24.3 Å². The van der Waals surface area contributed by atoms with Crippen molar-refractivity contribution < 1.29 is 14.3 Å². The fraction of sp³-hybridized carbons (Fsp3) is 0.176. The summed E-state index contributed by atoms with van der Waals surface area (Å²) in [5.74, 6) is -0.682. The van der Waals surface area contributed by atoms with Gasteiger partial charge in [0.15, 0.2) is 0 Å². The van der Waals surface area contributed by atoms with Gasteiger partial charge >= 0.3 is 5.97 Å². The summed E-state index contributed by atoms with van der Waals surface area (Å²) in [5, 5.41) is 6.48. The quantitative estimate of drug-likeness (QED) is 0.751. The van der Waals surface area contributed by atoms with Crippen LogP contribution in [0.1, 0.15) is 16.8 Å². The van der Waals surface area contributed by atoms with Crippen molar-refractivity contribution in [1.29, 1.82) is 0 Å². The number of carbonyl (C=O) groups excluding carboxylic acids is 2. The predicted octanol–water partition coefficient (Wildman–Crippen LogP) is 4.22. The first kappa shape index (κ1) is 18.1. The normalized spacial score (nSPS) is 10.1. The molecule has 1 amide bonds. The molecule has 0 aromatic heterocycles. The number of para-hydroxylation sites is 2. The summed E-state index contributed by atoms with van der Waals surface area (Å²) >= 11 is 12.0. The summed E-state index contributed by atoms with van der Waals surface area (Å²) in [6.07, 6.45) is 0.178. The Morgan fingerprint density at radius 3 is 2.38 bits per heavy atom. The molecular weight excluding hydrogens is 351 g/mol. The molecule has 0 saturated heterocycles. The summed E-state index contributed by atoms with van der Waals surface area (Å²) in [7, 11) is 1.32.